The third-order valence-electron chi connectivity index (χ3n) is 3.30. The van der Waals surface area contributed by atoms with Crippen LogP contribution < -0.4 is 5.73 Å². The molecule has 1 aromatic rings. The fourth-order valence-electron chi connectivity index (χ4n) is 2.19. The minimum absolute atomic E-state index is 0.0600. The summed E-state index contributed by atoms with van der Waals surface area (Å²) in [5.74, 6) is -0.885. The van der Waals surface area contributed by atoms with E-state index >= 15 is 0 Å². The highest BCUT2D eigenvalue weighted by Gasteiger charge is 2.23. The van der Waals surface area contributed by atoms with Gasteiger partial charge < -0.3 is 15.7 Å². The lowest BCUT2D eigenvalue weighted by atomic mass is 10.1. The Morgan fingerprint density at radius 2 is 2.00 bits per heavy atom. The minimum atomic E-state index is -0.581. The molecule has 0 bridgehead atoms. The first-order valence-corrected chi connectivity index (χ1v) is 6.29. The number of carbonyl (C=O) groups excluding carboxylic acids is 1. The Kier molecular flexibility index (Phi) is 4.34. The Morgan fingerprint density at radius 3 is 2.58 bits per heavy atom. The molecule has 6 heteroatoms. The van der Waals surface area contributed by atoms with Crippen LogP contribution in [0.2, 0.25) is 0 Å². The standard InChI is InChI=1S/C13H18FN3O2/c14-12-9-10(15)1-2-11(12)13(19)17-5-3-16(4-6-17)7-8-18/h1-2,9,18H,3-8,15H2. The van der Waals surface area contributed by atoms with Crippen LogP contribution in [0.3, 0.4) is 0 Å². The summed E-state index contributed by atoms with van der Waals surface area (Å²) in [5, 5.41) is 8.85. The number of aliphatic hydroxyl groups is 1. The van der Waals surface area contributed by atoms with Gasteiger partial charge in [-0.15, -0.1) is 0 Å². The Labute approximate surface area is 111 Å². The summed E-state index contributed by atoms with van der Waals surface area (Å²) in [6.45, 7) is 3.20. The van der Waals surface area contributed by atoms with Crippen LogP contribution in [0.4, 0.5) is 10.1 Å². The highest BCUT2D eigenvalue weighted by atomic mass is 19.1. The van der Waals surface area contributed by atoms with Crippen LogP contribution in [0.5, 0.6) is 0 Å². The van der Waals surface area contributed by atoms with Gasteiger partial charge in [0.1, 0.15) is 5.82 Å². The molecule has 104 valence electrons. The van der Waals surface area contributed by atoms with Crippen molar-refractivity contribution in [2.45, 2.75) is 0 Å². The van der Waals surface area contributed by atoms with E-state index in [2.05, 4.69) is 4.90 Å². The molecule has 5 nitrogen and oxygen atoms in total. The molecule has 3 N–H and O–H groups in total. The van der Waals surface area contributed by atoms with E-state index in [9.17, 15) is 9.18 Å². The second-order valence-corrected chi connectivity index (χ2v) is 4.60. The van der Waals surface area contributed by atoms with E-state index in [4.69, 9.17) is 10.8 Å². The second-order valence-electron chi connectivity index (χ2n) is 4.60. The van der Waals surface area contributed by atoms with Gasteiger partial charge >= 0.3 is 0 Å². The molecule has 1 aliphatic heterocycles. The number of amides is 1. The van der Waals surface area contributed by atoms with Crippen molar-refractivity contribution >= 4 is 11.6 Å². The molecule has 19 heavy (non-hydrogen) atoms. The Hall–Kier alpha value is -1.66. The lowest BCUT2D eigenvalue weighted by molar-refractivity contribution is 0.0610. The van der Waals surface area contributed by atoms with Crippen LogP contribution in [0.1, 0.15) is 10.4 Å². The number of carbonyl (C=O) groups is 1. The quantitative estimate of drug-likeness (QED) is 0.765. The smallest absolute Gasteiger partial charge is 0.256 e. The summed E-state index contributed by atoms with van der Waals surface area (Å²) < 4.78 is 13.7. The molecular weight excluding hydrogens is 249 g/mol. The molecule has 1 saturated heterocycles. The van der Waals surface area contributed by atoms with E-state index in [0.717, 1.165) is 6.07 Å². The predicted octanol–water partition coefficient (Wildman–Crippen LogP) is 0.158. The zero-order valence-corrected chi connectivity index (χ0v) is 10.7. The van der Waals surface area contributed by atoms with E-state index in [0.29, 0.717) is 38.4 Å². The molecule has 1 amide bonds. The van der Waals surface area contributed by atoms with E-state index in [1.807, 2.05) is 0 Å². The van der Waals surface area contributed by atoms with Crippen LogP contribution in [-0.4, -0.2) is 60.1 Å². The molecular formula is C13H18FN3O2. The van der Waals surface area contributed by atoms with Gasteiger partial charge in [0.05, 0.1) is 12.2 Å². The van der Waals surface area contributed by atoms with Crippen molar-refractivity contribution in [2.75, 3.05) is 45.1 Å². The zero-order valence-electron chi connectivity index (χ0n) is 10.7. The van der Waals surface area contributed by atoms with Gasteiger partial charge in [-0.2, -0.15) is 0 Å². The molecule has 0 spiro atoms. The van der Waals surface area contributed by atoms with Crippen molar-refractivity contribution in [2.24, 2.45) is 0 Å². The fourth-order valence-corrected chi connectivity index (χ4v) is 2.19. The molecule has 1 heterocycles. The lowest BCUT2D eigenvalue weighted by Gasteiger charge is -2.34. The van der Waals surface area contributed by atoms with Crippen LogP contribution in [0.15, 0.2) is 18.2 Å². The third kappa shape index (κ3) is 3.21. The zero-order chi connectivity index (χ0) is 13.8. The van der Waals surface area contributed by atoms with Crippen molar-refractivity contribution in [1.82, 2.24) is 9.80 Å². The van der Waals surface area contributed by atoms with Gasteiger partial charge in [-0.1, -0.05) is 0 Å². The first-order valence-electron chi connectivity index (χ1n) is 6.29. The number of halogens is 1. The number of hydrogen-bond acceptors (Lipinski definition) is 4. The molecule has 0 radical (unpaired) electrons. The minimum Gasteiger partial charge on any atom is -0.399 e. The van der Waals surface area contributed by atoms with Crippen LogP contribution in [0, 0.1) is 5.82 Å². The number of piperazine rings is 1. The van der Waals surface area contributed by atoms with Gasteiger partial charge in [0.2, 0.25) is 0 Å². The first-order chi connectivity index (χ1) is 9.11. The fraction of sp³-hybridized carbons (Fsp3) is 0.462. The number of benzene rings is 1. The van der Waals surface area contributed by atoms with Gasteiger partial charge in [0, 0.05) is 38.4 Å². The molecule has 0 unspecified atom stereocenters. The van der Waals surface area contributed by atoms with E-state index in [-0.39, 0.29) is 18.1 Å². The highest BCUT2D eigenvalue weighted by Crippen LogP contribution is 2.15. The molecule has 0 aromatic heterocycles. The number of hydrogen-bond donors (Lipinski definition) is 2. The molecule has 0 saturated carbocycles. The monoisotopic (exact) mass is 267 g/mol. The van der Waals surface area contributed by atoms with Crippen molar-refractivity contribution in [3.8, 4) is 0 Å². The number of nitrogen functional groups attached to an aromatic ring is 1. The van der Waals surface area contributed by atoms with Crippen LogP contribution in [0.25, 0.3) is 0 Å². The number of nitrogens with two attached hydrogens (primary N) is 1. The van der Waals surface area contributed by atoms with E-state index < -0.39 is 5.82 Å². The summed E-state index contributed by atoms with van der Waals surface area (Å²) in [4.78, 5) is 15.9. The SMILES string of the molecule is Nc1ccc(C(=O)N2CCN(CCO)CC2)c(F)c1. The van der Waals surface area contributed by atoms with Gasteiger partial charge in [-0.05, 0) is 18.2 Å². The predicted molar refractivity (Wildman–Crippen MR) is 70.2 cm³/mol. The highest BCUT2D eigenvalue weighted by molar-refractivity contribution is 5.94. The average Bonchev–Trinajstić information content (AvgIpc) is 2.39. The summed E-state index contributed by atoms with van der Waals surface area (Å²) in [5.41, 5.74) is 5.83. The van der Waals surface area contributed by atoms with E-state index in [1.165, 1.54) is 12.1 Å². The average molecular weight is 267 g/mol. The van der Waals surface area contributed by atoms with Gasteiger partial charge in [-0.3, -0.25) is 9.69 Å². The number of nitrogens with zero attached hydrogens (tertiary/aromatic N) is 2. The van der Waals surface area contributed by atoms with Gasteiger partial charge in [0.15, 0.2) is 0 Å². The summed E-state index contributed by atoms with van der Waals surface area (Å²) >= 11 is 0. The normalized spacial score (nSPS) is 16.6. The third-order valence-corrected chi connectivity index (χ3v) is 3.30. The topological polar surface area (TPSA) is 69.8 Å². The number of rotatable bonds is 3. The van der Waals surface area contributed by atoms with Crippen LogP contribution in [-0.2, 0) is 0 Å². The van der Waals surface area contributed by atoms with E-state index in [1.54, 1.807) is 4.90 Å². The maximum Gasteiger partial charge on any atom is 0.256 e. The number of aliphatic hydroxyl groups excluding tert-OH is 1. The first kappa shape index (κ1) is 13.8. The summed E-state index contributed by atoms with van der Waals surface area (Å²) in [6.07, 6.45) is 0. The largest absolute Gasteiger partial charge is 0.399 e. The second kappa shape index (κ2) is 5.99. The lowest BCUT2D eigenvalue weighted by Crippen LogP contribution is -2.49. The van der Waals surface area contributed by atoms with Crippen molar-refractivity contribution in [3.05, 3.63) is 29.6 Å². The number of anilines is 1. The van der Waals surface area contributed by atoms with Gasteiger partial charge in [-0.25, -0.2) is 4.39 Å². The molecule has 0 atom stereocenters. The summed E-state index contributed by atoms with van der Waals surface area (Å²) in [7, 11) is 0. The molecule has 2 rings (SSSR count). The molecule has 1 aliphatic rings. The number of β-amino-alcohol motifs (C(OH)–C–C–N with tert-alkyl or cyclic N) is 1. The Balaban J connectivity index is 2.01. The van der Waals surface area contributed by atoms with Crippen LogP contribution >= 0.6 is 0 Å². The molecule has 1 fully saturated rings. The molecule has 0 aliphatic carbocycles. The maximum atomic E-state index is 13.7. The Bertz CT molecular complexity index is 459. The molecule has 1 aromatic carbocycles. The Morgan fingerprint density at radius 1 is 1.32 bits per heavy atom. The van der Waals surface area contributed by atoms with Gasteiger partial charge in [0.25, 0.3) is 5.91 Å². The van der Waals surface area contributed by atoms with Crippen molar-refractivity contribution in [1.29, 1.82) is 0 Å². The maximum absolute atomic E-state index is 13.7. The van der Waals surface area contributed by atoms with Crippen molar-refractivity contribution < 1.29 is 14.3 Å². The van der Waals surface area contributed by atoms with Crippen molar-refractivity contribution in [3.63, 3.8) is 0 Å². The summed E-state index contributed by atoms with van der Waals surface area (Å²) in [6, 6.07) is 4.11.